The van der Waals surface area contributed by atoms with Gasteiger partial charge in [-0.15, -0.1) is 0 Å². The lowest BCUT2D eigenvalue weighted by atomic mass is 10.1. The molecule has 1 aromatic carbocycles. The minimum absolute atomic E-state index is 0.0148. The van der Waals surface area contributed by atoms with Gasteiger partial charge < -0.3 is 10.5 Å². The highest BCUT2D eigenvalue weighted by Gasteiger charge is 2.30. The zero-order chi connectivity index (χ0) is 14.4. The highest BCUT2D eigenvalue weighted by Crippen LogP contribution is 2.20. The van der Waals surface area contributed by atoms with Crippen molar-refractivity contribution in [2.45, 2.75) is 24.6 Å². The zero-order valence-electron chi connectivity index (χ0n) is 11.6. The molecule has 1 saturated heterocycles. The molecule has 0 amide bonds. The Kier molecular flexibility index (Phi) is 5.54. The summed E-state index contributed by atoms with van der Waals surface area (Å²) in [5.74, 6) is 0.0329. The maximum atomic E-state index is 12.6. The number of sulfonamides is 1. The lowest BCUT2D eigenvalue weighted by Crippen LogP contribution is -2.46. The van der Waals surface area contributed by atoms with E-state index in [0.717, 1.165) is 18.4 Å². The molecule has 2 N–H and O–H groups in total. The van der Waals surface area contributed by atoms with Gasteiger partial charge in [0.2, 0.25) is 10.0 Å². The molecule has 1 fully saturated rings. The van der Waals surface area contributed by atoms with Gasteiger partial charge in [0.1, 0.15) is 0 Å². The lowest BCUT2D eigenvalue weighted by molar-refractivity contribution is 0.0590. The van der Waals surface area contributed by atoms with Gasteiger partial charge in [0.15, 0.2) is 0 Å². The Morgan fingerprint density at radius 3 is 2.45 bits per heavy atom. The second-order valence-corrected chi connectivity index (χ2v) is 6.91. The van der Waals surface area contributed by atoms with Gasteiger partial charge in [-0.25, -0.2) is 8.42 Å². The molecule has 0 atom stereocenters. The van der Waals surface area contributed by atoms with E-state index in [4.69, 9.17) is 10.5 Å². The molecule has 0 spiro atoms. The van der Waals surface area contributed by atoms with Crippen LogP contribution in [0.25, 0.3) is 0 Å². The van der Waals surface area contributed by atoms with Gasteiger partial charge in [-0.3, -0.25) is 0 Å². The summed E-state index contributed by atoms with van der Waals surface area (Å²) in [4.78, 5) is 0. The molecule has 5 nitrogen and oxygen atoms in total. The van der Waals surface area contributed by atoms with Gasteiger partial charge in [-0.05, 0) is 18.4 Å². The van der Waals surface area contributed by atoms with E-state index in [0.29, 0.717) is 26.3 Å². The third-order valence-corrected chi connectivity index (χ3v) is 5.39. The number of nitrogens with zero attached hydrogens (tertiary/aromatic N) is 1. The topological polar surface area (TPSA) is 72.6 Å². The van der Waals surface area contributed by atoms with Crippen LogP contribution in [-0.2, 0) is 20.5 Å². The summed E-state index contributed by atoms with van der Waals surface area (Å²) in [6, 6.07) is 9.27. The number of ether oxygens (including phenoxy) is 1. The van der Waals surface area contributed by atoms with Gasteiger partial charge in [-0.1, -0.05) is 30.3 Å². The van der Waals surface area contributed by atoms with E-state index >= 15 is 0 Å². The van der Waals surface area contributed by atoms with Gasteiger partial charge in [-0.2, -0.15) is 4.31 Å². The fraction of sp³-hybridized carbons (Fsp3) is 0.571. The molecular weight excluding hydrogens is 276 g/mol. The Morgan fingerprint density at radius 2 is 1.85 bits per heavy atom. The van der Waals surface area contributed by atoms with E-state index < -0.39 is 10.0 Å². The van der Waals surface area contributed by atoms with Crippen LogP contribution in [0.1, 0.15) is 18.4 Å². The average Bonchev–Trinajstić information content (AvgIpc) is 2.46. The monoisotopic (exact) mass is 298 g/mol. The van der Waals surface area contributed by atoms with Crippen molar-refractivity contribution < 1.29 is 13.2 Å². The van der Waals surface area contributed by atoms with E-state index in [2.05, 4.69) is 0 Å². The fourth-order valence-electron chi connectivity index (χ4n) is 2.52. The Morgan fingerprint density at radius 1 is 1.20 bits per heavy atom. The Balaban J connectivity index is 2.13. The molecule has 112 valence electrons. The van der Waals surface area contributed by atoms with Crippen LogP contribution in [0.2, 0.25) is 0 Å². The molecule has 1 aliphatic heterocycles. The van der Waals surface area contributed by atoms with Crippen LogP contribution in [0.4, 0.5) is 0 Å². The summed E-state index contributed by atoms with van der Waals surface area (Å²) in [5.41, 5.74) is 6.40. The second kappa shape index (κ2) is 7.17. The Hall–Kier alpha value is -0.950. The van der Waals surface area contributed by atoms with E-state index in [1.54, 1.807) is 4.31 Å². The van der Waals surface area contributed by atoms with Crippen LogP contribution in [0.5, 0.6) is 0 Å². The van der Waals surface area contributed by atoms with Gasteiger partial charge in [0.25, 0.3) is 0 Å². The molecule has 2 rings (SSSR count). The minimum atomic E-state index is -3.34. The standard InChI is InChI=1S/C14H22N2O3S/c15-8-9-16(14-6-10-19-11-7-14)20(17,18)12-13-4-2-1-3-5-13/h1-5,14H,6-12,15H2. The van der Waals surface area contributed by atoms with Crippen molar-refractivity contribution in [1.29, 1.82) is 0 Å². The first-order valence-corrected chi connectivity index (χ1v) is 8.55. The molecule has 20 heavy (non-hydrogen) atoms. The third-order valence-electron chi connectivity index (χ3n) is 3.50. The summed E-state index contributed by atoms with van der Waals surface area (Å²) in [5, 5.41) is 0. The van der Waals surface area contributed by atoms with E-state index in [1.807, 2.05) is 30.3 Å². The lowest BCUT2D eigenvalue weighted by Gasteiger charge is -2.33. The van der Waals surface area contributed by atoms with E-state index in [9.17, 15) is 8.42 Å². The van der Waals surface area contributed by atoms with Crippen molar-refractivity contribution in [3.05, 3.63) is 35.9 Å². The first-order valence-electron chi connectivity index (χ1n) is 6.95. The third kappa shape index (κ3) is 4.02. The molecule has 0 radical (unpaired) electrons. The van der Waals surface area contributed by atoms with Crippen LogP contribution in [0.15, 0.2) is 30.3 Å². The highest BCUT2D eigenvalue weighted by molar-refractivity contribution is 7.88. The van der Waals surface area contributed by atoms with Crippen molar-refractivity contribution >= 4 is 10.0 Å². The van der Waals surface area contributed by atoms with Crippen molar-refractivity contribution in [3.63, 3.8) is 0 Å². The van der Waals surface area contributed by atoms with Crippen LogP contribution >= 0.6 is 0 Å². The molecule has 0 aromatic heterocycles. The number of benzene rings is 1. The molecular formula is C14H22N2O3S. The van der Waals surface area contributed by atoms with Crippen LogP contribution in [-0.4, -0.2) is 45.1 Å². The molecule has 1 aromatic rings. The van der Waals surface area contributed by atoms with Crippen molar-refractivity contribution in [1.82, 2.24) is 4.31 Å². The molecule has 1 heterocycles. The predicted molar refractivity (Wildman–Crippen MR) is 78.7 cm³/mol. The maximum absolute atomic E-state index is 12.6. The van der Waals surface area contributed by atoms with Gasteiger partial charge >= 0.3 is 0 Å². The average molecular weight is 298 g/mol. The number of hydrogen-bond donors (Lipinski definition) is 1. The van der Waals surface area contributed by atoms with Crippen molar-refractivity contribution in [3.8, 4) is 0 Å². The summed E-state index contributed by atoms with van der Waals surface area (Å²) in [6.07, 6.45) is 1.49. The smallest absolute Gasteiger partial charge is 0.218 e. The summed E-state index contributed by atoms with van der Waals surface area (Å²) >= 11 is 0. The minimum Gasteiger partial charge on any atom is -0.381 e. The molecule has 0 saturated carbocycles. The summed E-state index contributed by atoms with van der Waals surface area (Å²) < 4.78 is 32.1. The number of nitrogens with two attached hydrogens (primary N) is 1. The maximum Gasteiger partial charge on any atom is 0.218 e. The molecule has 0 unspecified atom stereocenters. The predicted octanol–water partition coefficient (Wildman–Crippen LogP) is 0.956. The Bertz CT molecular complexity index is 498. The van der Waals surface area contributed by atoms with E-state index in [-0.39, 0.29) is 11.8 Å². The van der Waals surface area contributed by atoms with Gasteiger partial charge in [0, 0.05) is 32.3 Å². The summed E-state index contributed by atoms with van der Waals surface area (Å²) in [7, 11) is -3.34. The first-order chi connectivity index (χ1) is 9.63. The summed E-state index contributed by atoms with van der Waals surface area (Å²) in [6.45, 7) is 1.95. The molecule has 0 bridgehead atoms. The largest absolute Gasteiger partial charge is 0.381 e. The van der Waals surface area contributed by atoms with E-state index in [1.165, 1.54) is 0 Å². The SMILES string of the molecule is NCCN(C1CCOCC1)S(=O)(=O)Cc1ccccc1. The quantitative estimate of drug-likeness (QED) is 0.849. The van der Waals surface area contributed by atoms with Crippen LogP contribution < -0.4 is 5.73 Å². The normalized spacial score (nSPS) is 17.5. The highest BCUT2D eigenvalue weighted by atomic mass is 32.2. The zero-order valence-corrected chi connectivity index (χ0v) is 12.4. The van der Waals surface area contributed by atoms with Crippen LogP contribution in [0, 0.1) is 0 Å². The molecule has 0 aliphatic carbocycles. The Labute approximate surface area is 120 Å². The van der Waals surface area contributed by atoms with Crippen molar-refractivity contribution in [2.24, 2.45) is 5.73 Å². The number of hydrogen-bond acceptors (Lipinski definition) is 4. The second-order valence-electron chi connectivity index (χ2n) is 4.98. The van der Waals surface area contributed by atoms with Gasteiger partial charge in [0.05, 0.1) is 5.75 Å². The van der Waals surface area contributed by atoms with Crippen molar-refractivity contribution in [2.75, 3.05) is 26.3 Å². The molecule has 1 aliphatic rings. The molecule has 6 heteroatoms. The number of rotatable bonds is 6. The fourth-order valence-corrected chi connectivity index (χ4v) is 4.35. The first kappa shape index (κ1) is 15.4. The van der Waals surface area contributed by atoms with Crippen LogP contribution in [0.3, 0.4) is 0 Å².